The molecule has 0 bridgehead atoms. The maximum atomic E-state index is 5.70. The van der Waals surface area contributed by atoms with Gasteiger partial charge in [-0.05, 0) is 59.7 Å². The summed E-state index contributed by atoms with van der Waals surface area (Å²) in [5.74, 6) is 0.892. The van der Waals surface area contributed by atoms with Crippen LogP contribution in [0.15, 0.2) is 16.5 Å². The first-order valence-electron chi connectivity index (χ1n) is 4.51. The Morgan fingerprint density at radius 3 is 2.71 bits per heavy atom. The van der Waals surface area contributed by atoms with Crippen molar-refractivity contribution < 1.29 is 4.42 Å². The molecule has 2 aromatic rings. The lowest BCUT2D eigenvalue weighted by molar-refractivity contribution is 0.547. The minimum absolute atomic E-state index is 0.468. The van der Waals surface area contributed by atoms with Gasteiger partial charge >= 0.3 is 0 Å². The van der Waals surface area contributed by atoms with Gasteiger partial charge in [-0.1, -0.05) is 0 Å². The van der Waals surface area contributed by atoms with E-state index in [9.17, 15) is 0 Å². The molecule has 1 aromatic carbocycles. The Hall–Kier alpha value is -0.550. The molecule has 14 heavy (non-hydrogen) atoms. The molecular weight excluding hydrogens is 289 g/mol. The summed E-state index contributed by atoms with van der Waals surface area (Å²) in [4.78, 5) is 0. The predicted octanol–water partition coefficient (Wildman–Crippen LogP) is 3.11. The summed E-state index contributed by atoms with van der Waals surface area (Å²) >= 11 is 2.30. The number of benzene rings is 1. The van der Waals surface area contributed by atoms with Crippen molar-refractivity contribution in [1.82, 2.24) is 0 Å². The smallest absolute Gasteiger partial charge is 0.147 e. The zero-order valence-electron chi connectivity index (χ0n) is 8.23. The van der Waals surface area contributed by atoms with Gasteiger partial charge in [0.05, 0.1) is 10.1 Å². The maximum Gasteiger partial charge on any atom is 0.147 e. The SMILES string of the molecule is Cc1cc(I)c2oc(CN)c(C)c2c1. The van der Waals surface area contributed by atoms with Crippen LogP contribution in [0.4, 0.5) is 0 Å². The van der Waals surface area contributed by atoms with Crippen LogP contribution in [0, 0.1) is 17.4 Å². The summed E-state index contributed by atoms with van der Waals surface area (Å²) in [5.41, 5.74) is 9.00. The van der Waals surface area contributed by atoms with E-state index in [-0.39, 0.29) is 0 Å². The molecule has 0 aliphatic carbocycles. The van der Waals surface area contributed by atoms with Gasteiger partial charge < -0.3 is 10.2 Å². The highest BCUT2D eigenvalue weighted by Crippen LogP contribution is 2.29. The first-order valence-corrected chi connectivity index (χ1v) is 5.59. The zero-order chi connectivity index (χ0) is 10.3. The summed E-state index contributed by atoms with van der Waals surface area (Å²) < 4.78 is 6.85. The summed E-state index contributed by atoms with van der Waals surface area (Å²) in [6.07, 6.45) is 0. The lowest BCUT2D eigenvalue weighted by Crippen LogP contribution is -1.95. The molecule has 0 unspecified atom stereocenters. The molecule has 1 aromatic heterocycles. The second kappa shape index (κ2) is 3.55. The van der Waals surface area contributed by atoms with Gasteiger partial charge in [-0.2, -0.15) is 0 Å². The standard InChI is InChI=1S/C11H12INO/c1-6-3-8-7(2)10(5-13)14-11(8)9(12)4-6/h3-4H,5,13H2,1-2H3. The van der Waals surface area contributed by atoms with Crippen LogP contribution in [0.5, 0.6) is 0 Å². The van der Waals surface area contributed by atoms with Gasteiger partial charge in [0.2, 0.25) is 0 Å². The number of furan rings is 1. The monoisotopic (exact) mass is 301 g/mol. The van der Waals surface area contributed by atoms with Gasteiger partial charge in [0.1, 0.15) is 11.3 Å². The summed E-state index contributed by atoms with van der Waals surface area (Å²) in [6, 6.07) is 4.27. The fourth-order valence-corrected chi connectivity index (χ4v) is 2.55. The van der Waals surface area contributed by atoms with E-state index in [4.69, 9.17) is 10.2 Å². The number of aryl methyl sites for hydroxylation is 2. The van der Waals surface area contributed by atoms with Crippen molar-refractivity contribution in [3.05, 3.63) is 32.6 Å². The van der Waals surface area contributed by atoms with Gasteiger partial charge in [-0.25, -0.2) is 0 Å². The quantitative estimate of drug-likeness (QED) is 0.822. The van der Waals surface area contributed by atoms with Crippen molar-refractivity contribution in [3.63, 3.8) is 0 Å². The van der Waals surface area contributed by atoms with Gasteiger partial charge in [0.15, 0.2) is 0 Å². The van der Waals surface area contributed by atoms with Gasteiger partial charge in [-0.3, -0.25) is 0 Å². The fraction of sp³-hybridized carbons (Fsp3) is 0.273. The first-order chi connectivity index (χ1) is 6.63. The number of rotatable bonds is 1. The van der Waals surface area contributed by atoms with E-state index in [1.807, 2.05) is 0 Å². The minimum Gasteiger partial charge on any atom is -0.458 e. The Balaban J connectivity index is 2.85. The molecule has 0 aliphatic rings. The van der Waals surface area contributed by atoms with Crippen LogP contribution in [0.2, 0.25) is 0 Å². The van der Waals surface area contributed by atoms with Crippen molar-refractivity contribution in [1.29, 1.82) is 0 Å². The van der Waals surface area contributed by atoms with E-state index in [0.29, 0.717) is 6.54 Å². The van der Waals surface area contributed by atoms with Crippen LogP contribution in [-0.4, -0.2) is 0 Å². The van der Waals surface area contributed by atoms with Crippen LogP contribution in [-0.2, 0) is 6.54 Å². The molecule has 2 rings (SSSR count). The van der Waals surface area contributed by atoms with Gasteiger partial charge in [0, 0.05) is 5.39 Å². The number of nitrogens with two attached hydrogens (primary N) is 1. The van der Waals surface area contributed by atoms with E-state index in [0.717, 1.165) is 14.9 Å². The van der Waals surface area contributed by atoms with Crippen molar-refractivity contribution >= 4 is 33.6 Å². The molecule has 1 heterocycles. The molecule has 0 spiro atoms. The highest BCUT2D eigenvalue weighted by Gasteiger charge is 2.11. The van der Waals surface area contributed by atoms with Crippen LogP contribution in [0.1, 0.15) is 16.9 Å². The van der Waals surface area contributed by atoms with E-state index >= 15 is 0 Å². The molecule has 0 radical (unpaired) electrons. The Kier molecular flexibility index (Phi) is 2.53. The molecule has 2 N–H and O–H groups in total. The summed E-state index contributed by atoms with van der Waals surface area (Å²) in [7, 11) is 0. The Labute approximate surface area is 96.6 Å². The number of hydrogen-bond donors (Lipinski definition) is 1. The molecule has 3 heteroatoms. The van der Waals surface area contributed by atoms with E-state index in [1.165, 1.54) is 16.5 Å². The Morgan fingerprint density at radius 2 is 2.07 bits per heavy atom. The Bertz CT molecular complexity index is 487. The fourth-order valence-electron chi connectivity index (χ4n) is 1.66. The molecular formula is C11H12INO. The van der Waals surface area contributed by atoms with Crippen molar-refractivity contribution in [3.8, 4) is 0 Å². The van der Waals surface area contributed by atoms with Gasteiger partial charge in [0.25, 0.3) is 0 Å². The second-order valence-electron chi connectivity index (χ2n) is 3.48. The van der Waals surface area contributed by atoms with Crippen LogP contribution >= 0.6 is 22.6 Å². The van der Waals surface area contributed by atoms with Crippen LogP contribution in [0.25, 0.3) is 11.0 Å². The molecule has 0 saturated carbocycles. The average Bonchev–Trinajstić information content (AvgIpc) is 2.44. The molecule has 0 saturated heterocycles. The molecule has 0 atom stereocenters. The van der Waals surface area contributed by atoms with E-state index in [1.54, 1.807) is 0 Å². The third kappa shape index (κ3) is 1.44. The highest BCUT2D eigenvalue weighted by molar-refractivity contribution is 14.1. The van der Waals surface area contributed by atoms with E-state index < -0.39 is 0 Å². The van der Waals surface area contributed by atoms with Gasteiger partial charge in [-0.15, -0.1) is 0 Å². The zero-order valence-corrected chi connectivity index (χ0v) is 10.4. The van der Waals surface area contributed by atoms with Crippen LogP contribution in [0.3, 0.4) is 0 Å². The second-order valence-corrected chi connectivity index (χ2v) is 4.64. The van der Waals surface area contributed by atoms with Crippen LogP contribution < -0.4 is 5.73 Å². The summed E-state index contributed by atoms with van der Waals surface area (Å²) in [6.45, 7) is 4.62. The third-order valence-electron chi connectivity index (χ3n) is 2.42. The lowest BCUT2D eigenvalue weighted by Gasteiger charge is -1.96. The minimum atomic E-state index is 0.468. The molecule has 0 amide bonds. The molecule has 74 valence electrons. The molecule has 0 aliphatic heterocycles. The van der Waals surface area contributed by atoms with E-state index in [2.05, 4.69) is 48.6 Å². The molecule has 0 fully saturated rings. The van der Waals surface area contributed by atoms with Crippen molar-refractivity contribution in [2.24, 2.45) is 5.73 Å². The molecule has 2 nitrogen and oxygen atoms in total. The number of fused-ring (bicyclic) bond motifs is 1. The Morgan fingerprint density at radius 1 is 1.36 bits per heavy atom. The maximum absolute atomic E-state index is 5.70. The van der Waals surface area contributed by atoms with Crippen molar-refractivity contribution in [2.45, 2.75) is 20.4 Å². The normalized spacial score (nSPS) is 11.1. The third-order valence-corrected chi connectivity index (χ3v) is 3.22. The summed E-state index contributed by atoms with van der Waals surface area (Å²) in [5, 5.41) is 1.19. The predicted molar refractivity (Wildman–Crippen MR) is 66.3 cm³/mol. The number of halogens is 1. The average molecular weight is 301 g/mol. The first kappa shape index (κ1) is 9.98. The number of hydrogen-bond acceptors (Lipinski definition) is 2. The van der Waals surface area contributed by atoms with Crippen molar-refractivity contribution in [2.75, 3.05) is 0 Å². The largest absolute Gasteiger partial charge is 0.458 e. The highest BCUT2D eigenvalue weighted by atomic mass is 127. The lowest BCUT2D eigenvalue weighted by atomic mass is 10.1. The topological polar surface area (TPSA) is 39.2 Å².